The van der Waals surface area contributed by atoms with E-state index in [1.165, 1.54) is 0 Å². The molecule has 1 aliphatic heterocycles. The highest BCUT2D eigenvalue weighted by atomic mass is 32.2. The average molecular weight is 251 g/mol. The predicted octanol–water partition coefficient (Wildman–Crippen LogP) is 1.46. The molecule has 1 aliphatic carbocycles. The topological polar surface area (TPSA) is 46.2 Å². The fraction of sp³-hybridized carbons (Fsp3) is 0.538. The van der Waals surface area contributed by atoms with Gasteiger partial charge in [-0.1, -0.05) is 18.2 Å². The van der Waals surface area contributed by atoms with Crippen LogP contribution in [-0.2, 0) is 9.84 Å². The van der Waals surface area contributed by atoms with Crippen molar-refractivity contribution in [3.05, 3.63) is 30.3 Å². The van der Waals surface area contributed by atoms with Crippen molar-refractivity contribution in [2.24, 2.45) is 11.8 Å². The van der Waals surface area contributed by atoms with E-state index in [9.17, 15) is 8.42 Å². The Morgan fingerprint density at radius 3 is 2.18 bits per heavy atom. The molecule has 3 atom stereocenters. The molecule has 3 nitrogen and oxygen atoms in total. The van der Waals surface area contributed by atoms with E-state index >= 15 is 0 Å². The second kappa shape index (κ2) is 4.10. The van der Waals surface area contributed by atoms with Crippen molar-refractivity contribution >= 4 is 9.84 Å². The summed E-state index contributed by atoms with van der Waals surface area (Å²) in [5, 5.41) is 3.18. The van der Waals surface area contributed by atoms with Crippen LogP contribution < -0.4 is 5.32 Å². The van der Waals surface area contributed by atoms with E-state index < -0.39 is 9.84 Å². The van der Waals surface area contributed by atoms with Gasteiger partial charge in [0.25, 0.3) is 0 Å². The molecule has 92 valence electrons. The molecule has 0 bridgehead atoms. The molecule has 17 heavy (non-hydrogen) atoms. The molecule has 2 aliphatic rings. The first-order valence-corrected chi connectivity index (χ1v) is 7.72. The molecule has 1 saturated heterocycles. The number of rotatable bonds is 2. The molecule has 4 heteroatoms. The van der Waals surface area contributed by atoms with Crippen molar-refractivity contribution in [3.63, 3.8) is 0 Å². The van der Waals surface area contributed by atoms with Crippen molar-refractivity contribution in [2.45, 2.75) is 23.0 Å². The van der Waals surface area contributed by atoms with E-state index in [2.05, 4.69) is 5.32 Å². The van der Waals surface area contributed by atoms with Crippen molar-refractivity contribution in [2.75, 3.05) is 13.1 Å². The summed E-state index contributed by atoms with van der Waals surface area (Å²) in [5.41, 5.74) is 0. The van der Waals surface area contributed by atoms with E-state index in [0.717, 1.165) is 25.9 Å². The van der Waals surface area contributed by atoms with Crippen LogP contribution in [0.3, 0.4) is 0 Å². The van der Waals surface area contributed by atoms with E-state index in [4.69, 9.17) is 0 Å². The van der Waals surface area contributed by atoms with E-state index in [-0.39, 0.29) is 5.25 Å². The summed E-state index contributed by atoms with van der Waals surface area (Å²) in [7, 11) is -3.11. The molecule has 1 unspecified atom stereocenters. The first-order chi connectivity index (χ1) is 8.18. The van der Waals surface area contributed by atoms with Crippen molar-refractivity contribution < 1.29 is 8.42 Å². The minimum absolute atomic E-state index is 0.165. The number of fused-ring (bicyclic) bond motifs is 1. The molecular weight excluding hydrogens is 234 g/mol. The van der Waals surface area contributed by atoms with Crippen LogP contribution in [0.25, 0.3) is 0 Å². The van der Waals surface area contributed by atoms with Gasteiger partial charge in [0.15, 0.2) is 9.84 Å². The van der Waals surface area contributed by atoms with Crippen molar-refractivity contribution in [3.8, 4) is 0 Å². The predicted molar refractivity (Wildman–Crippen MR) is 66.5 cm³/mol. The number of nitrogens with one attached hydrogen (secondary N) is 1. The number of hydrogen-bond donors (Lipinski definition) is 1. The summed E-state index contributed by atoms with van der Waals surface area (Å²) >= 11 is 0. The lowest BCUT2D eigenvalue weighted by Gasteiger charge is -2.12. The Bertz CT molecular complexity index is 485. The highest BCUT2D eigenvalue weighted by molar-refractivity contribution is 7.92. The van der Waals surface area contributed by atoms with Gasteiger partial charge in [0.1, 0.15) is 0 Å². The minimum Gasteiger partial charge on any atom is -0.316 e. The molecule has 0 radical (unpaired) electrons. The summed E-state index contributed by atoms with van der Waals surface area (Å²) in [4.78, 5) is 0.484. The Morgan fingerprint density at radius 2 is 1.59 bits per heavy atom. The Kier molecular flexibility index (Phi) is 2.71. The van der Waals surface area contributed by atoms with Crippen LogP contribution in [-0.4, -0.2) is 26.8 Å². The van der Waals surface area contributed by atoms with Crippen LogP contribution in [0.4, 0.5) is 0 Å². The second-order valence-corrected chi connectivity index (χ2v) is 7.36. The minimum atomic E-state index is -3.11. The molecule has 1 N–H and O–H groups in total. The van der Waals surface area contributed by atoms with Crippen LogP contribution in [0.5, 0.6) is 0 Å². The van der Waals surface area contributed by atoms with Gasteiger partial charge in [0.2, 0.25) is 0 Å². The number of benzene rings is 1. The smallest absolute Gasteiger partial charge is 0.181 e. The van der Waals surface area contributed by atoms with Crippen LogP contribution >= 0.6 is 0 Å². The largest absolute Gasteiger partial charge is 0.316 e. The number of hydrogen-bond acceptors (Lipinski definition) is 3. The molecule has 1 aromatic carbocycles. The van der Waals surface area contributed by atoms with Crippen LogP contribution in [0.1, 0.15) is 12.8 Å². The Labute approximate surface area is 102 Å². The third kappa shape index (κ3) is 1.89. The zero-order chi connectivity index (χ0) is 11.9. The monoisotopic (exact) mass is 251 g/mol. The Balaban J connectivity index is 1.86. The first-order valence-electron chi connectivity index (χ1n) is 6.17. The Hall–Kier alpha value is -0.870. The lowest BCUT2D eigenvalue weighted by Crippen LogP contribution is -2.22. The van der Waals surface area contributed by atoms with Crippen LogP contribution in [0.2, 0.25) is 0 Å². The molecule has 0 spiro atoms. The van der Waals surface area contributed by atoms with Crippen molar-refractivity contribution in [1.82, 2.24) is 5.32 Å². The fourth-order valence-electron chi connectivity index (χ4n) is 3.17. The van der Waals surface area contributed by atoms with Gasteiger partial charge < -0.3 is 5.32 Å². The van der Waals surface area contributed by atoms with Gasteiger partial charge >= 0.3 is 0 Å². The van der Waals surface area contributed by atoms with Crippen LogP contribution in [0, 0.1) is 11.8 Å². The second-order valence-electron chi connectivity index (χ2n) is 5.13. The van der Waals surface area contributed by atoms with Crippen LogP contribution in [0.15, 0.2) is 35.2 Å². The van der Waals surface area contributed by atoms with Crippen molar-refractivity contribution in [1.29, 1.82) is 0 Å². The van der Waals surface area contributed by atoms with Gasteiger partial charge in [-0.15, -0.1) is 0 Å². The molecule has 0 aromatic heterocycles. The van der Waals surface area contributed by atoms with Gasteiger partial charge in [-0.2, -0.15) is 0 Å². The zero-order valence-corrected chi connectivity index (χ0v) is 10.5. The fourth-order valence-corrected chi connectivity index (χ4v) is 5.09. The third-order valence-corrected chi connectivity index (χ3v) is 6.31. The maximum Gasteiger partial charge on any atom is 0.181 e. The standard InChI is InChI=1S/C13H17NO2S/c15-17(16,12-4-2-1-3-5-12)13-6-10-8-14-9-11(10)7-13/h1-5,10-11,13-14H,6-9H2/t10-,11+,13?. The Morgan fingerprint density at radius 1 is 1.00 bits per heavy atom. The molecule has 1 heterocycles. The molecule has 1 aromatic rings. The van der Waals surface area contributed by atoms with Gasteiger partial charge in [-0.05, 0) is 49.9 Å². The third-order valence-electron chi connectivity index (χ3n) is 4.12. The highest BCUT2D eigenvalue weighted by Crippen LogP contribution is 2.39. The SMILES string of the molecule is O=S(=O)(c1ccccc1)C1C[C@H]2CNC[C@H]2C1. The zero-order valence-electron chi connectivity index (χ0n) is 9.67. The maximum atomic E-state index is 12.4. The lowest BCUT2D eigenvalue weighted by atomic mass is 10.0. The summed E-state index contributed by atoms with van der Waals surface area (Å²) in [6.45, 7) is 1.98. The summed E-state index contributed by atoms with van der Waals surface area (Å²) in [5.74, 6) is 1.14. The highest BCUT2D eigenvalue weighted by Gasteiger charge is 2.43. The van der Waals surface area contributed by atoms with E-state index in [0.29, 0.717) is 16.7 Å². The summed E-state index contributed by atoms with van der Waals surface area (Å²) < 4.78 is 24.9. The normalized spacial score (nSPS) is 32.6. The molecule has 1 saturated carbocycles. The molecule has 2 fully saturated rings. The number of sulfone groups is 1. The molecule has 0 amide bonds. The van der Waals surface area contributed by atoms with Gasteiger partial charge in [0.05, 0.1) is 10.1 Å². The van der Waals surface area contributed by atoms with Gasteiger partial charge in [-0.25, -0.2) is 8.42 Å². The van der Waals surface area contributed by atoms with Gasteiger partial charge in [-0.3, -0.25) is 0 Å². The molecular formula is C13H17NO2S. The first kappa shape index (κ1) is 11.2. The maximum absolute atomic E-state index is 12.4. The van der Waals surface area contributed by atoms with E-state index in [1.54, 1.807) is 24.3 Å². The summed E-state index contributed by atoms with van der Waals surface area (Å²) in [6, 6.07) is 8.87. The lowest BCUT2D eigenvalue weighted by molar-refractivity contribution is 0.494. The quantitative estimate of drug-likeness (QED) is 0.865. The van der Waals surface area contributed by atoms with Gasteiger partial charge in [0, 0.05) is 0 Å². The average Bonchev–Trinajstić information content (AvgIpc) is 2.90. The van der Waals surface area contributed by atoms with E-state index in [1.807, 2.05) is 6.07 Å². The molecule has 3 rings (SSSR count). The summed E-state index contributed by atoms with van der Waals surface area (Å²) in [6.07, 6.45) is 1.66.